The molecule has 150 valence electrons. The van der Waals surface area contributed by atoms with E-state index in [-0.39, 0.29) is 10.5 Å². The average molecular weight is 406 g/mol. The van der Waals surface area contributed by atoms with Crippen LogP contribution >= 0.6 is 0 Å². The second-order valence-electron chi connectivity index (χ2n) is 5.75. The fourth-order valence-corrected chi connectivity index (χ4v) is 3.44. The Morgan fingerprint density at radius 3 is 2.54 bits per heavy atom. The third-order valence-corrected chi connectivity index (χ3v) is 5.10. The summed E-state index contributed by atoms with van der Waals surface area (Å²) in [4.78, 5) is 24.1. The van der Waals surface area contributed by atoms with E-state index in [2.05, 4.69) is 10.0 Å². The normalized spacial score (nSPS) is 10.9. The monoisotopic (exact) mass is 406 g/mol. The van der Waals surface area contributed by atoms with E-state index in [0.717, 1.165) is 0 Å². The van der Waals surface area contributed by atoms with Gasteiger partial charge >= 0.3 is 5.97 Å². The highest BCUT2D eigenvalue weighted by molar-refractivity contribution is 7.89. The Hall–Kier alpha value is -2.91. The minimum atomic E-state index is -3.71. The first-order valence-electron chi connectivity index (χ1n) is 8.57. The molecule has 0 aliphatic carbocycles. The van der Waals surface area contributed by atoms with E-state index in [0.29, 0.717) is 24.4 Å². The van der Waals surface area contributed by atoms with Crippen molar-refractivity contribution < 1.29 is 27.5 Å². The van der Waals surface area contributed by atoms with Gasteiger partial charge in [-0.25, -0.2) is 17.9 Å². The van der Waals surface area contributed by atoms with Gasteiger partial charge in [0.1, 0.15) is 5.75 Å². The van der Waals surface area contributed by atoms with Crippen molar-refractivity contribution in [1.29, 1.82) is 0 Å². The first kappa shape index (κ1) is 21.4. The van der Waals surface area contributed by atoms with Crippen LogP contribution in [0.1, 0.15) is 23.7 Å². The predicted octanol–water partition coefficient (Wildman–Crippen LogP) is 2.18. The maximum Gasteiger partial charge on any atom is 0.338 e. The third-order valence-electron chi connectivity index (χ3n) is 3.64. The van der Waals surface area contributed by atoms with Gasteiger partial charge in [-0.3, -0.25) is 4.79 Å². The summed E-state index contributed by atoms with van der Waals surface area (Å²) < 4.78 is 36.8. The van der Waals surface area contributed by atoms with Crippen LogP contribution in [0.4, 0.5) is 5.69 Å². The number of rotatable bonds is 9. The summed E-state index contributed by atoms with van der Waals surface area (Å²) >= 11 is 0. The van der Waals surface area contributed by atoms with Gasteiger partial charge in [-0.1, -0.05) is 25.1 Å². The Kier molecular flexibility index (Phi) is 7.53. The number of sulfonamides is 1. The summed E-state index contributed by atoms with van der Waals surface area (Å²) in [5.74, 6) is -0.881. The van der Waals surface area contributed by atoms with Crippen molar-refractivity contribution in [3.05, 3.63) is 54.1 Å². The van der Waals surface area contributed by atoms with Crippen LogP contribution in [-0.2, 0) is 19.6 Å². The van der Waals surface area contributed by atoms with E-state index in [1.54, 1.807) is 24.3 Å². The van der Waals surface area contributed by atoms with Crippen LogP contribution in [0.5, 0.6) is 5.75 Å². The molecule has 2 N–H and O–H groups in total. The molecule has 0 aliphatic heterocycles. The molecule has 0 heterocycles. The molecule has 0 fully saturated rings. The van der Waals surface area contributed by atoms with Crippen LogP contribution in [0.15, 0.2) is 53.4 Å². The molecule has 0 atom stereocenters. The number of methoxy groups -OCH3 is 1. The van der Waals surface area contributed by atoms with E-state index >= 15 is 0 Å². The zero-order valence-electron chi connectivity index (χ0n) is 15.6. The molecule has 2 aromatic rings. The Balaban J connectivity index is 1.99. The smallest absolute Gasteiger partial charge is 0.338 e. The molecule has 0 aromatic heterocycles. The van der Waals surface area contributed by atoms with Crippen molar-refractivity contribution >= 4 is 27.6 Å². The summed E-state index contributed by atoms with van der Waals surface area (Å²) in [7, 11) is -2.24. The molecule has 0 saturated heterocycles. The van der Waals surface area contributed by atoms with Crippen molar-refractivity contribution in [3.8, 4) is 5.75 Å². The quantitative estimate of drug-likeness (QED) is 0.618. The third kappa shape index (κ3) is 5.80. The molecular formula is C19H22N2O6S. The number of hydrogen-bond donors (Lipinski definition) is 2. The highest BCUT2D eigenvalue weighted by atomic mass is 32.2. The van der Waals surface area contributed by atoms with Gasteiger partial charge in [-0.15, -0.1) is 0 Å². The van der Waals surface area contributed by atoms with Gasteiger partial charge in [0, 0.05) is 6.54 Å². The number of ether oxygens (including phenoxy) is 2. The van der Waals surface area contributed by atoms with Crippen molar-refractivity contribution in [2.24, 2.45) is 0 Å². The molecule has 0 bridgehead atoms. The number of para-hydroxylation sites is 2. The fraction of sp³-hybridized carbons (Fsp3) is 0.263. The number of carbonyl (C=O) groups is 2. The first-order valence-corrected chi connectivity index (χ1v) is 10.1. The molecule has 2 rings (SSSR count). The van der Waals surface area contributed by atoms with Gasteiger partial charge in [0.15, 0.2) is 6.61 Å². The van der Waals surface area contributed by atoms with Gasteiger partial charge in [0.05, 0.1) is 23.3 Å². The van der Waals surface area contributed by atoms with Crippen molar-refractivity contribution in [2.75, 3.05) is 25.6 Å². The molecule has 0 spiro atoms. The van der Waals surface area contributed by atoms with E-state index in [9.17, 15) is 18.0 Å². The standard InChI is InChI=1S/C19H22N2O6S/c1-3-11-20-28(24,25)15-8-6-7-14(12-15)19(23)27-13-18(22)21-16-9-4-5-10-17(16)26-2/h4-10,12,20H,3,11,13H2,1-2H3,(H,21,22). The fourth-order valence-electron chi connectivity index (χ4n) is 2.26. The number of carbonyl (C=O) groups excluding carboxylic acids is 2. The topological polar surface area (TPSA) is 111 Å². The molecule has 0 saturated carbocycles. The van der Waals surface area contributed by atoms with Crippen LogP contribution < -0.4 is 14.8 Å². The van der Waals surface area contributed by atoms with Gasteiger partial charge in [0.25, 0.3) is 5.91 Å². The molecule has 9 heteroatoms. The van der Waals surface area contributed by atoms with E-state index in [1.807, 2.05) is 6.92 Å². The van der Waals surface area contributed by atoms with Gasteiger partial charge in [-0.2, -0.15) is 0 Å². The summed E-state index contributed by atoms with van der Waals surface area (Å²) in [5.41, 5.74) is 0.477. The Morgan fingerprint density at radius 1 is 1.07 bits per heavy atom. The van der Waals surface area contributed by atoms with E-state index in [4.69, 9.17) is 9.47 Å². The van der Waals surface area contributed by atoms with Crippen LogP contribution in [0.3, 0.4) is 0 Å². The summed E-state index contributed by atoms with van der Waals surface area (Å²) in [6.07, 6.45) is 0.641. The van der Waals surface area contributed by atoms with E-state index in [1.165, 1.54) is 31.4 Å². The Morgan fingerprint density at radius 2 is 1.82 bits per heavy atom. The molecular weight excluding hydrogens is 384 g/mol. The SMILES string of the molecule is CCCNS(=O)(=O)c1cccc(C(=O)OCC(=O)Nc2ccccc2OC)c1. The molecule has 0 aliphatic rings. The van der Waals surface area contributed by atoms with Gasteiger partial charge in [0.2, 0.25) is 10.0 Å². The minimum absolute atomic E-state index is 0.0319. The zero-order valence-corrected chi connectivity index (χ0v) is 16.4. The number of nitrogens with one attached hydrogen (secondary N) is 2. The van der Waals surface area contributed by atoms with Crippen molar-refractivity contribution in [3.63, 3.8) is 0 Å². The van der Waals surface area contributed by atoms with Gasteiger partial charge < -0.3 is 14.8 Å². The largest absolute Gasteiger partial charge is 0.495 e. The number of hydrogen-bond acceptors (Lipinski definition) is 6. The molecule has 28 heavy (non-hydrogen) atoms. The molecule has 0 unspecified atom stereocenters. The van der Waals surface area contributed by atoms with Crippen LogP contribution in [0.2, 0.25) is 0 Å². The number of benzene rings is 2. The lowest BCUT2D eigenvalue weighted by molar-refractivity contribution is -0.119. The summed E-state index contributed by atoms with van der Waals surface area (Å²) in [6, 6.07) is 12.2. The summed E-state index contributed by atoms with van der Waals surface area (Å²) in [5, 5.41) is 2.58. The average Bonchev–Trinajstić information content (AvgIpc) is 2.71. The zero-order chi connectivity index (χ0) is 20.6. The second-order valence-corrected chi connectivity index (χ2v) is 7.52. The van der Waals surface area contributed by atoms with Crippen LogP contribution in [0, 0.1) is 0 Å². The minimum Gasteiger partial charge on any atom is -0.495 e. The van der Waals surface area contributed by atoms with Crippen molar-refractivity contribution in [2.45, 2.75) is 18.2 Å². The predicted molar refractivity (Wildman–Crippen MR) is 104 cm³/mol. The van der Waals surface area contributed by atoms with Crippen LogP contribution in [0.25, 0.3) is 0 Å². The van der Waals surface area contributed by atoms with Crippen LogP contribution in [-0.4, -0.2) is 40.6 Å². The molecule has 8 nitrogen and oxygen atoms in total. The lowest BCUT2D eigenvalue weighted by atomic mass is 10.2. The number of esters is 1. The molecule has 1 amide bonds. The lowest BCUT2D eigenvalue weighted by Crippen LogP contribution is -2.25. The van der Waals surface area contributed by atoms with E-state index < -0.39 is 28.5 Å². The molecule has 0 radical (unpaired) electrons. The summed E-state index contributed by atoms with van der Waals surface area (Å²) in [6.45, 7) is 1.61. The lowest BCUT2D eigenvalue weighted by Gasteiger charge is -2.10. The highest BCUT2D eigenvalue weighted by Gasteiger charge is 2.17. The Bertz CT molecular complexity index is 943. The first-order chi connectivity index (χ1) is 13.4. The molecule has 2 aromatic carbocycles. The number of amides is 1. The van der Waals surface area contributed by atoms with Crippen molar-refractivity contribution in [1.82, 2.24) is 4.72 Å². The Labute approximate surface area is 163 Å². The number of anilines is 1. The maximum atomic E-state index is 12.2. The second kappa shape index (κ2) is 9.86. The maximum absolute atomic E-state index is 12.2. The van der Waals surface area contributed by atoms with Gasteiger partial charge in [-0.05, 0) is 36.8 Å². The highest BCUT2D eigenvalue weighted by Crippen LogP contribution is 2.22.